The van der Waals surface area contributed by atoms with Crippen LogP contribution in [0.15, 0.2) is 91.0 Å². The molecule has 3 aromatic rings. The lowest BCUT2D eigenvalue weighted by Gasteiger charge is -2.38. The third-order valence-corrected chi connectivity index (χ3v) is 10.1. The summed E-state index contributed by atoms with van der Waals surface area (Å²) in [4.78, 5) is 26.5. The van der Waals surface area contributed by atoms with Crippen LogP contribution in [0.4, 0.5) is 0 Å². The van der Waals surface area contributed by atoms with Crippen molar-refractivity contribution in [2.75, 3.05) is 0 Å². The van der Waals surface area contributed by atoms with Gasteiger partial charge in [-0.05, 0) is 42.3 Å². The first-order valence-electron chi connectivity index (χ1n) is 10.2. The van der Waals surface area contributed by atoms with E-state index in [9.17, 15) is 9.59 Å². The minimum Gasteiger partial charge on any atom is -0.339 e. The average molecular weight is 417 g/mol. The molecule has 0 aromatic heterocycles. The van der Waals surface area contributed by atoms with Gasteiger partial charge in [0.25, 0.3) is 5.91 Å². The quantitative estimate of drug-likeness (QED) is 0.627. The summed E-state index contributed by atoms with van der Waals surface area (Å²) in [6.07, 6.45) is 0. The maximum Gasteiger partial charge on any atom is 0.283 e. The first-order chi connectivity index (χ1) is 14.5. The van der Waals surface area contributed by atoms with Gasteiger partial charge in [-0.2, -0.15) is 0 Å². The van der Waals surface area contributed by atoms with Gasteiger partial charge in [-0.1, -0.05) is 68.4 Å². The lowest BCUT2D eigenvalue weighted by Crippen LogP contribution is -2.66. The number of amides is 2. The van der Waals surface area contributed by atoms with Crippen molar-refractivity contribution in [2.24, 2.45) is 5.92 Å². The molecule has 2 N–H and O–H groups in total. The van der Waals surface area contributed by atoms with Crippen LogP contribution < -0.4 is 26.5 Å². The summed E-state index contributed by atoms with van der Waals surface area (Å²) in [5, 5.41) is 9.32. The van der Waals surface area contributed by atoms with E-state index in [1.54, 1.807) is 0 Å². The molecule has 0 radical (unpaired) electrons. The molecular formula is C25H26N2O2P+. The second-order valence-electron chi connectivity index (χ2n) is 7.87. The number of piperazine rings is 1. The number of hydrogen-bond donors (Lipinski definition) is 2. The van der Waals surface area contributed by atoms with E-state index in [0.717, 1.165) is 15.9 Å². The Morgan fingerprint density at radius 2 is 1.03 bits per heavy atom. The van der Waals surface area contributed by atoms with Gasteiger partial charge in [0, 0.05) is 0 Å². The monoisotopic (exact) mass is 417 g/mol. The van der Waals surface area contributed by atoms with Crippen molar-refractivity contribution in [1.29, 1.82) is 0 Å². The number of carbonyl (C=O) groups excluding carboxylic acids is 2. The molecule has 30 heavy (non-hydrogen) atoms. The molecule has 2 amide bonds. The zero-order chi connectivity index (χ0) is 21.1. The lowest BCUT2D eigenvalue weighted by molar-refractivity contribution is -0.135. The number of carbonyl (C=O) groups is 2. The molecule has 0 saturated carbocycles. The number of rotatable bonds is 5. The predicted octanol–water partition coefficient (Wildman–Crippen LogP) is 2.58. The average Bonchev–Trinajstić information content (AvgIpc) is 2.78. The van der Waals surface area contributed by atoms with Crippen LogP contribution in [0.5, 0.6) is 0 Å². The van der Waals surface area contributed by atoms with Crippen LogP contribution in [0.1, 0.15) is 13.8 Å². The Bertz CT molecular complexity index is 926. The molecule has 0 spiro atoms. The van der Waals surface area contributed by atoms with Crippen LogP contribution in [-0.4, -0.2) is 23.6 Å². The van der Waals surface area contributed by atoms with Crippen molar-refractivity contribution in [2.45, 2.75) is 25.7 Å². The van der Waals surface area contributed by atoms with Crippen molar-refractivity contribution in [1.82, 2.24) is 10.6 Å². The van der Waals surface area contributed by atoms with Gasteiger partial charge in [-0.25, -0.2) is 0 Å². The molecule has 3 aromatic carbocycles. The van der Waals surface area contributed by atoms with Crippen LogP contribution in [0.2, 0.25) is 0 Å². The highest BCUT2D eigenvalue weighted by atomic mass is 31.2. The number of hydrogen-bond acceptors (Lipinski definition) is 2. The Hall–Kier alpha value is -2.97. The summed E-state index contributed by atoms with van der Waals surface area (Å²) in [7, 11) is -2.52. The highest BCUT2D eigenvalue weighted by Gasteiger charge is 2.58. The van der Waals surface area contributed by atoms with E-state index in [4.69, 9.17) is 0 Å². The van der Waals surface area contributed by atoms with Gasteiger partial charge in [-0.3, -0.25) is 9.59 Å². The molecule has 1 saturated heterocycles. The number of nitrogens with one attached hydrogen (secondary N) is 2. The van der Waals surface area contributed by atoms with Gasteiger partial charge in [0.05, 0.1) is 0 Å². The topological polar surface area (TPSA) is 58.2 Å². The highest BCUT2D eigenvalue weighted by molar-refractivity contribution is 7.96. The van der Waals surface area contributed by atoms with E-state index >= 15 is 0 Å². The van der Waals surface area contributed by atoms with Gasteiger partial charge in [0.15, 0.2) is 0 Å². The predicted molar refractivity (Wildman–Crippen MR) is 124 cm³/mol. The Balaban J connectivity index is 1.99. The molecule has 152 valence electrons. The normalized spacial score (nSPS) is 19.3. The van der Waals surface area contributed by atoms with E-state index in [-0.39, 0.29) is 17.7 Å². The molecule has 1 aliphatic heterocycles. The minimum absolute atomic E-state index is 0.0211. The minimum atomic E-state index is -2.52. The van der Waals surface area contributed by atoms with Gasteiger partial charge < -0.3 is 10.6 Å². The fourth-order valence-electron chi connectivity index (χ4n) is 4.21. The van der Waals surface area contributed by atoms with Crippen molar-refractivity contribution >= 4 is 35.0 Å². The molecule has 0 bridgehead atoms. The van der Waals surface area contributed by atoms with Crippen molar-refractivity contribution in [3.8, 4) is 0 Å². The van der Waals surface area contributed by atoms with Crippen molar-refractivity contribution < 1.29 is 9.59 Å². The molecular weight excluding hydrogens is 391 g/mol. The van der Waals surface area contributed by atoms with Crippen molar-refractivity contribution in [3.63, 3.8) is 0 Å². The maximum absolute atomic E-state index is 13.5. The standard InChI is InChI=1S/C25H25N2O2P/c1-18(2)22-23(28)27-25(24(29)26-22)30(19-12-6-3-7-13-19,20-14-8-4-9-15-20)21-16-10-5-11-17-21/h3-18,22,25H,1-2H3,(H-,26,27,28,29)/p+1/t22-,25?/m0/s1. The van der Waals surface area contributed by atoms with E-state index < -0.39 is 19.1 Å². The van der Waals surface area contributed by atoms with E-state index in [2.05, 4.69) is 47.0 Å². The van der Waals surface area contributed by atoms with Crippen LogP contribution >= 0.6 is 7.26 Å². The van der Waals surface area contributed by atoms with E-state index in [1.807, 2.05) is 68.4 Å². The second-order valence-corrected chi connectivity index (χ2v) is 11.4. The molecule has 1 heterocycles. The SMILES string of the molecule is CC(C)[C@@H]1NC(=O)C([P+](c2ccccc2)(c2ccccc2)c2ccccc2)NC1=O. The van der Waals surface area contributed by atoms with Crippen LogP contribution in [0.3, 0.4) is 0 Å². The van der Waals surface area contributed by atoms with Crippen LogP contribution in [0.25, 0.3) is 0 Å². The smallest absolute Gasteiger partial charge is 0.283 e. The molecule has 5 heteroatoms. The van der Waals surface area contributed by atoms with Gasteiger partial charge in [0.1, 0.15) is 29.2 Å². The number of benzene rings is 3. The third kappa shape index (κ3) is 3.42. The molecule has 2 atom stereocenters. The van der Waals surface area contributed by atoms with Crippen molar-refractivity contribution in [3.05, 3.63) is 91.0 Å². The summed E-state index contributed by atoms with van der Waals surface area (Å²) in [5.41, 5.74) is 0. The third-order valence-electron chi connectivity index (χ3n) is 5.65. The molecule has 0 aliphatic carbocycles. The largest absolute Gasteiger partial charge is 0.339 e. The fraction of sp³-hybridized carbons (Fsp3) is 0.200. The summed E-state index contributed by atoms with van der Waals surface area (Å²) in [5.74, 6) is -0.903. The van der Waals surface area contributed by atoms with Crippen LogP contribution in [0, 0.1) is 5.92 Å². The molecule has 1 fully saturated rings. The van der Waals surface area contributed by atoms with Gasteiger partial charge in [-0.15, -0.1) is 0 Å². The van der Waals surface area contributed by atoms with Gasteiger partial charge in [0.2, 0.25) is 11.7 Å². The summed E-state index contributed by atoms with van der Waals surface area (Å²) in [6.45, 7) is 3.89. The van der Waals surface area contributed by atoms with E-state index in [0.29, 0.717) is 0 Å². The Labute approximate surface area is 178 Å². The first kappa shape index (κ1) is 20.3. The lowest BCUT2D eigenvalue weighted by atomic mass is 10.0. The molecule has 4 rings (SSSR count). The molecule has 1 unspecified atom stereocenters. The Kier molecular flexibility index (Phi) is 5.69. The zero-order valence-electron chi connectivity index (χ0n) is 17.2. The maximum atomic E-state index is 13.5. The molecule has 1 aliphatic rings. The zero-order valence-corrected chi connectivity index (χ0v) is 18.1. The van der Waals surface area contributed by atoms with Crippen LogP contribution in [-0.2, 0) is 9.59 Å². The summed E-state index contributed by atoms with van der Waals surface area (Å²) >= 11 is 0. The Morgan fingerprint density at radius 1 is 0.633 bits per heavy atom. The fourth-order valence-corrected chi connectivity index (χ4v) is 8.68. The first-order valence-corrected chi connectivity index (χ1v) is 12.1. The summed E-state index contributed by atoms with van der Waals surface area (Å²) in [6, 6.07) is 29.8. The highest BCUT2D eigenvalue weighted by Crippen LogP contribution is 2.59. The Morgan fingerprint density at radius 3 is 1.40 bits per heavy atom. The van der Waals surface area contributed by atoms with Gasteiger partial charge >= 0.3 is 0 Å². The summed E-state index contributed by atoms with van der Waals surface area (Å²) < 4.78 is 0. The van der Waals surface area contributed by atoms with E-state index in [1.165, 1.54) is 0 Å². The second kappa shape index (κ2) is 8.41. The molecule has 4 nitrogen and oxygen atoms in total.